The van der Waals surface area contributed by atoms with Crippen LogP contribution < -0.4 is 0 Å². The van der Waals surface area contributed by atoms with Gasteiger partial charge in [0.05, 0.1) is 6.54 Å². The molecule has 19 heavy (non-hydrogen) atoms. The minimum absolute atomic E-state index is 0.279. The van der Waals surface area contributed by atoms with Crippen molar-refractivity contribution >= 4 is 5.78 Å². The zero-order valence-electron chi connectivity index (χ0n) is 11.8. The minimum Gasteiger partial charge on any atom is -0.295 e. The van der Waals surface area contributed by atoms with Gasteiger partial charge in [-0.3, -0.25) is 9.69 Å². The summed E-state index contributed by atoms with van der Waals surface area (Å²) in [5.41, 5.74) is 2.08. The fourth-order valence-corrected chi connectivity index (χ4v) is 2.57. The van der Waals surface area contributed by atoms with Gasteiger partial charge >= 0.3 is 0 Å². The summed E-state index contributed by atoms with van der Waals surface area (Å²) < 4.78 is 0. The molecule has 0 bridgehead atoms. The van der Waals surface area contributed by atoms with Gasteiger partial charge in [-0.05, 0) is 44.4 Å². The van der Waals surface area contributed by atoms with Gasteiger partial charge in [0, 0.05) is 18.7 Å². The second-order valence-electron chi connectivity index (χ2n) is 6.37. The van der Waals surface area contributed by atoms with E-state index < -0.39 is 0 Å². The number of Topliss-reactive ketones (excluding diaryl/α,β-unsaturated/α-hetero) is 1. The van der Waals surface area contributed by atoms with Crippen molar-refractivity contribution in [1.82, 2.24) is 4.90 Å². The molecule has 2 aliphatic carbocycles. The van der Waals surface area contributed by atoms with Crippen molar-refractivity contribution in [1.29, 1.82) is 0 Å². The lowest BCUT2D eigenvalue weighted by Crippen LogP contribution is -2.33. The lowest BCUT2D eigenvalue weighted by Gasteiger charge is -2.21. The van der Waals surface area contributed by atoms with Crippen molar-refractivity contribution < 1.29 is 4.79 Å². The van der Waals surface area contributed by atoms with Crippen LogP contribution in [0, 0.1) is 18.8 Å². The molecule has 0 heterocycles. The van der Waals surface area contributed by atoms with Gasteiger partial charge in [0.15, 0.2) is 5.78 Å². The number of ketones is 1. The van der Waals surface area contributed by atoms with Gasteiger partial charge in [-0.2, -0.15) is 0 Å². The highest BCUT2D eigenvalue weighted by Crippen LogP contribution is 2.33. The van der Waals surface area contributed by atoms with Crippen LogP contribution in [0.25, 0.3) is 0 Å². The van der Waals surface area contributed by atoms with Crippen LogP contribution in [0.15, 0.2) is 24.3 Å². The fourth-order valence-electron chi connectivity index (χ4n) is 2.57. The van der Waals surface area contributed by atoms with E-state index in [-0.39, 0.29) is 5.78 Å². The smallest absolute Gasteiger partial charge is 0.176 e. The Morgan fingerprint density at radius 2 is 1.58 bits per heavy atom. The quantitative estimate of drug-likeness (QED) is 0.699. The molecule has 0 aromatic heterocycles. The normalized spacial score (nSPS) is 18.8. The Kier molecular flexibility index (Phi) is 3.69. The first-order chi connectivity index (χ1) is 9.20. The predicted octanol–water partition coefficient (Wildman–Crippen LogP) is 3.30. The molecule has 1 aromatic rings. The maximum absolute atomic E-state index is 12.3. The zero-order valence-corrected chi connectivity index (χ0v) is 11.8. The summed E-state index contributed by atoms with van der Waals surface area (Å²) in [5.74, 6) is 2.01. The Hall–Kier alpha value is -1.15. The number of carbonyl (C=O) groups excluding carboxylic acids is 1. The molecular weight excluding hydrogens is 234 g/mol. The molecule has 0 spiro atoms. The van der Waals surface area contributed by atoms with E-state index in [0.29, 0.717) is 6.54 Å². The molecule has 1 aromatic carbocycles. The molecule has 0 saturated heterocycles. The molecule has 0 atom stereocenters. The Morgan fingerprint density at radius 1 is 1.05 bits per heavy atom. The van der Waals surface area contributed by atoms with Crippen molar-refractivity contribution in [3.8, 4) is 0 Å². The second-order valence-corrected chi connectivity index (χ2v) is 6.37. The van der Waals surface area contributed by atoms with Gasteiger partial charge in [0.2, 0.25) is 0 Å². The topological polar surface area (TPSA) is 20.3 Å². The van der Waals surface area contributed by atoms with E-state index in [1.165, 1.54) is 31.2 Å². The summed E-state index contributed by atoms with van der Waals surface area (Å²) in [6.45, 7) is 4.93. The van der Waals surface area contributed by atoms with Gasteiger partial charge in [0.25, 0.3) is 0 Å². The van der Waals surface area contributed by atoms with Crippen LogP contribution in [-0.2, 0) is 0 Å². The van der Waals surface area contributed by atoms with Gasteiger partial charge < -0.3 is 0 Å². The molecular formula is C17H23NO. The maximum atomic E-state index is 12.3. The van der Waals surface area contributed by atoms with E-state index in [1.54, 1.807) is 0 Å². The molecule has 2 aliphatic rings. The van der Waals surface area contributed by atoms with E-state index in [9.17, 15) is 4.79 Å². The van der Waals surface area contributed by atoms with Crippen LogP contribution in [0.3, 0.4) is 0 Å². The number of benzene rings is 1. The van der Waals surface area contributed by atoms with E-state index in [2.05, 4.69) is 11.8 Å². The zero-order chi connectivity index (χ0) is 13.2. The van der Waals surface area contributed by atoms with Crippen molar-refractivity contribution in [2.75, 3.05) is 19.6 Å². The van der Waals surface area contributed by atoms with E-state index in [1.807, 2.05) is 24.3 Å². The van der Waals surface area contributed by atoms with Crippen LogP contribution >= 0.6 is 0 Å². The van der Waals surface area contributed by atoms with Crippen molar-refractivity contribution in [3.63, 3.8) is 0 Å². The molecule has 0 amide bonds. The third kappa shape index (κ3) is 3.90. The number of hydrogen-bond acceptors (Lipinski definition) is 2. The first-order valence-electron chi connectivity index (χ1n) is 7.53. The maximum Gasteiger partial charge on any atom is 0.176 e. The highest BCUT2D eigenvalue weighted by atomic mass is 16.1. The summed E-state index contributed by atoms with van der Waals surface area (Å²) in [4.78, 5) is 14.7. The molecule has 2 heteroatoms. The van der Waals surface area contributed by atoms with Gasteiger partial charge in [0.1, 0.15) is 0 Å². The standard InChI is InChI=1S/C17H23NO/c1-13-2-8-16(9-3-13)17(19)12-18(10-14-4-5-14)11-15-6-7-15/h2-3,8-9,14-15H,4-7,10-12H2,1H3. The minimum atomic E-state index is 0.279. The van der Waals surface area contributed by atoms with E-state index in [0.717, 1.165) is 30.5 Å². The van der Waals surface area contributed by atoms with Gasteiger partial charge in [-0.25, -0.2) is 0 Å². The summed E-state index contributed by atoms with van der Waals surface area (Å²) >= 11 is 0. The van der Waals surface area contributed by atoms with Crippen molar-refractivity contribution in [3.05, 3.63) is 35.4 Å². The average Bonchev–Trinajstić information content (AvgIpc) is 3.26. The molecule has 0 unspecified atom stereocenters. The summed E-state index contributed by atoms with van der Waals surface area (Å²) in [6.07, 6.45) is 5.44. The molecule has 2 nitrogen and oxygen atoms in total. The molecule has 0 N–H and O–H groups in total. The van der Waals surface area contributed by atoms with E-state index >= 15 is 0 Å². The van der Waals surface area contributed by atoms with Crippen LogP contribution in [0.1, 0.15) is 41.6 Å². The van der Waals surface area contributed by atoms with Crippen LogP contribution in [0.5, 0.6) is 0 Å². The SMILES string of the molecule is Cc1ccc(C(=O)CN(CC2CC2)CC2CC2)cc1. The number of carbonyl (C=O) groups is 1. The first kappa shape index (κ1) is 12.9. The highest BCUT2D eigenvalue weighted by Gasteiger charge is 2.30. The first-order valence-corrected chi connectivity index (χ1v) is 7.53. The average molecular weight is 257 g/mol. The van der Waals surface area contributed by atoms with Crippen LogP contribution in [0.2, 0.25) is 0 Å². The molecule has 102 valence electrons. The van der Waals surface area contributed by atoms with Crippen molar-refractivity contribution in [2.45, 2.75) is 32.6 Å². The molecule has 2 fully saturated rings. The summed E-state index contributed by atoms with van der Waals surface area (Å²) in [6, 6.07) is 7.98. The predicted molar refractivity (Wildman–Crippen MR) is 77.4 cm³/mol. The van der Waals surface area contributed by atoms with Gasteiger partial charge in [-0.1, -0.05) is 29.8 Å². The lowest BCUT2D eigenvalue weighted by atomic mass is 10.1. The highest BCUT2D eigenvalue weighted by molar-refractivity contribution is 5.97. The molecule has 2 saturated carbocycles. The Labute approximate surface area is 115 Å². The fraction of sp³-hybridized carbons (Fsp3) is 0.588. The monoisotopic (exact) mass is 257 g/mol. The summed E-state index contributed by atoms with van der Waals surface area (Å²) in [5, 5.41) is 0. The van der Waals surface area contributed by atoms with Crippen LogP contribution in [0.4, 0.5) is 0 Å². The van der Waals surface area contributed by atoms with E-state index in [4.69, 9.17) is 0 Å². The Bertz CT molecular complexity index is 429. The lowest BCUT2D eigenvalue weighted by molar-refractivity contribution is 0.0924. The summed E-state index contributed by atoms with van der Waals surface area (Å²) in [7, 11) is 0. The van der Waals surface area contributed by atoms with Crippen LogP contribution in [-0.4, -0.2) is 30.3 Å². The Morgan fingerprint density at radius 3 is 2.05 bits per heavy atom. The number of nitrogens with zero attached hydrogens (tertiary/aromatic N) is 1. The molecule has 3 rings (SSSR count). The number of rotatable bonds is 7. The second kappa shape index (κ2) is 5.46. The third-order valence-electron chi connectivity index (χ3n) is 4.17. The number of aryl methyl sites for hydroxylation is 1. The molecule has 0 aliphatic heterocycles. The van der Waals surface area contributed by atoms with Crippen molar-refractivity contribution in [2.24, 2.45) is 11.8 Å². The third-order valence-corrected chi connectivity index (χ3v) is 4.17. The van der Waals surface area contributed by atoms with Gasteiger partial charge in [-0.15, -0.1) is 0 Å². The Balaban J connectivity index is 1.59. The molecule has 0 radical (unpaired) electrons. The largest absolute Gasteiger partial charge is 0.295 e. The number of hydrogen-bond donors (Lipinski definition) is 0.